The zero-order valence-electron chi connectivity index (χ0n) is 22.7. The van der Waals surface area contributed by atoms with Crippen LogP contribution in [0, 0.1) is 0 Å². The highest BCUT2D eigenvalue weighted by Gasteiger charge is 2.38. The van der Waals surface area contributed by atoms with Crippen LogP contribution in [0.3, 0.4) is 0 Å². The minimum atomic E-state index is 0.0570. The lowest BCUT2D eigenvalue weighted by Gasteiger charge is -2.42. The Balaban J connectivity index is 3.21. The van der Waals surface area contributed by atoms with Gasteiger partial charge in [-0.3, -0.25) is 0 Å². The van der Waals surface area contributed by atoms with Crippen molar-refractivity contribution in [2.24, 2.45) is 0 Å². The molecule has 2 rings (SSSR count). The van der Waals surface area contributed by atoms with E-state index in [0.717, 1.165) is 6.42 Å². The standard InChI is InChI=1S/C31H48/c1-14-22(21-18-16-15-17-19-21)25-23(28(2,3)4)20-24(29(5,6)7)26(30(8,9)10)27(25)31(11,12)13/h15-20,22H,14H2,1-13H3. The van der Waals surface area contributed by atoms with E-state index in [9.17, 15) is 0 Å². The van der Waals surface area contributed by atoms with E-state index < -0.39 is 0 Å². The van der Waals surface area contributed by atoms with E-state index in [1.807, 2.05) is 0 Å². The normalized spacial score (nSPS) is 14.6. The summed E-state index contributed by atoms with van der Waals surface area (Å²) in [6, 6.07) is 13.7. The summed E-state index contributed by atoms with van der Waals surface area (Å²) in [5.41, 5.74) is 9.48. The van der Waals surface area contributed by atoms with E-state index >= 15 is 0 Å². The summed E-state index contributed by atoms with van der Waals surface area (Å²) < 4.78 is 0. The molecular formula is C31H48. The first-order chi connectivity index (χ1) is 13.9. The molecule has 31 heavy (non-hydrogen) atoms. The van der Waals surface area contributed by atoms with E-state index in [1.54, 1.807) is 16.7 Å². The maximum Gasteiger partial charge on any atom is 0.00927 e. The molecule has 0 bridgehead atoms. The van der Waals surface area contributed by atoms with Crippen molar-refractivity contribution < 1.29 is 0 Å². The SMILES string of the molecule is CCC(c1ccccc1)c1c(C(C)(C)C)cc(C(C)(C)C)c(C(C)(C)C)c1C(C)(C)C. The van der Waals surface area contributed by atoms with Crippen LogP contribution < -0.4 is 0 Å². The molecule has 0 saturated carbocycles. The zero-order valence-corrected chi connectivity index (χ0v) is 22.7. The Bertz CT molecular complexity index is 885. The summed E-state index contributed by atoms with van der Waals surface area (Å²) in [5.74, 6) is 0.403. The van der Waals surface area contributed by atoms with Crippen molar-refractivity contribution in [3.8, 4) is 0 Å². The van der Waals surface area contributed by atoms with Crippen LogP contribution in [0.1, 0.15) is 136 Å². The second-order valence-corrected chi connectivity index (χ2v) is 13.5. The van der Waals surface area contributed by atoms with Gasteiger partial charge in [-0.05, 0) is 61.5 Å². The van der Waals surface area contributed by atoms with Crippen molar-refractivity contribution in [3.63, 3.8) is 0 Å². The van der Waals surface area contributed by atoms with Gasteiger partial charge in [0.25, 0.3) is 0 Å². The minimum Gasteiger partial charge on any atom is -0.0645 e. The number of hydrogen-bond donors (Lipinski definition) is 0. The van der Waals surface area contributed by atoms with Crippen molar-refractivity contribution in [2.75, 3.05) is 0 Å². The average Bonchev–Trinajstić information content (AvgIpc) is 2.59. The van der Waals surface area contributed by atoms with Crippen molar-refractivity contribution in [2.45, 2.75) is 124 Å². The highest BCUT2D eigenvalue weighted by atomic mass is 14.4. The van der Waals surface area contributed by atoms with Crippen LogP contribution in [-0.2, 0) is 21.7 Å². The molecule has 0 N–H and O–H groups in total. The van der Waals surface area contributed by atoms with Crippen LogP contribution in [-0.4, -0.2) is 0 Å². The summed E-state index contributed by atoms with van der Waals surface area (Å²) in [6.07, 6.45) is 1.11. The van der Waals surface area contributed by atoms with Crippen LogP contribution in [0.4, 0.5) is 0 Å². The molecule has 0 aliphatic heterocycles. The summed E-state index contributed by atoms with van der Waals surface area (Å²) >= 11 is 0. The summed E-state index contributed by atoms with van der Waals surface area (Å²) in [5, 5.41) is 0. The first kappa shape index (κ1) is 25.7. The van der Waals surface area contributed by atoms with Gasteiger partial charge in [0.05, 0.1) is 0 Å². The van der Waals surface area contributed by atoms with E-state index in [0.29, 0.717) is 5.92 Å². The fourth-order valence-electron chi connectivity index (χ4n) is 5.12. The van der Waals surface area contributed by atoms with Gasteiger partial charge in [0.15, 0.2) is 0 Å². The number of benzene rings is 2. The molecule has 2 aromatic carbocycles. The highest BCUT2D eigenvalue weighted by Crippen LogP contribution is 2.49. The molecule has 172 valence electrons. The van der Waals surface area contributed by atoms with E-state index in [1.165, 1.54) is 16.7 Å². The lowest BCUT2D eigenvalue weighted by molar-refractivity contribution is 0.480. The van der Waals surface area contributed by atoms with Gasteiger partial charge in [-0.1, -0.05) is 126 Å². The van der Waals surface area contributed by atoms with Crippen molar-refractivity contribution >= 4 is 0 Å². The third kappa shape index (κ3) is 5.44. The van der Waals surface area contributed by atoms with Gasteiger partial charge in [-0.25, -0.2) is 0 Å². The van der Waals surface area contributed by atoms with Crippen molar-refractivity contribution in [1.29, 1.82) is 0 Å². The topological polar surface area (TPSA) is 0 Å². The molecule has 0 aliphatic rings. The molecule has 0 aromatic heterocycles. The smallest absolute Gasteiger partial charge is 0.00927 e. The Hall–Kier alpha value is -1.56. The molecule has 0 amide bonds. The lowest BCUT2D eigenvalue weighted by atomic mass is 9.62. The Morgan fingerprint density at radius 1 is 0.581 bits per heavy atom. The predicted octanol–water partition coefficient (Wildman–Crippen LogP) is 9.42. The van der Waals surface area contributed by atoms with Crippen LogP contribution in [0.25, 0.3) is 0 Å². The average molecular weight is 421 g/mol. The van der Waals surface area contributed by atoms with Gasteiger partial charge in [-0.15, -0.1) is 0 Å². The maximum atomic E-state index is 2.58. The second kappa shape index (κ2) is 8.42. The Labute approximate surface area is 193 Å². The van der Waals surface area contributed by atoms with Gasteiger partial charge in [0, 0.05) is 5.92 Å². The molecule has 0 saturated heterocycles. The van der Waals surface area contributed by atoms with Crippen molar-refractivity contribution in [1.82, 2.24) is 0 Å². The van der Waals surface area contributed by atoms with E-state index in [4.69, 9.17) is 0 Å². The largest absolute Gasteiger partial charge is 0.0645 e. The Morgan fingerprint density at radius 3 is 1.39 bits per heavy atom. The number of rotatable bonds is 3. The third-order valence-corrected chi connectivity index (χ3v) is 6.44. The molecule has 0 nitrogen and oxygen atoms in total. The van der Waals surface area contributed by atoms with Gasteiger partial charge >= 0.3 is 0 Å². The van der Waals surface area contributed by atoms with E-state index in [2.05, 4.69) is 126 Å². The minimum absolute atomic E-state index is 0.0570. The summed E-state index contributed by atoms with van der Waals surface area (Å²) in [6.45, 7) is 31.1. The molecule has 0 spiro atoms. The summed E-state index contributed by atoms with van der Waals surface area (Å²) in [4.78, 5) is 0. The molecule has 0 radical (unpaired) electrons. The third-order valence-electron chi connectivity index (χ3n) is 6.44. The molecule has 0 aliphatic carbocycles. The Morgan fingerprint density at radius 2 is 1.03 bits per heavy atom. The molecule has 2 aromatic rings. The van der Waals surface area contributed by atoms with Gasteiger partial charge in [0.2, 0.25) is 0 Å². The lowest BCUT2D eigenvalue weighted by Crippen LogP contribution is -2.33. The number of hydrogen-bond acceptors (Lipinski definition) is 0. The van der Waals surface area contributed by atoms with Gasteiger partial charge in [0.1, 0.15) is 0 Å². The zero-order chi connectivity index (χ0) is 24.0. The molecule has 0 heterocycles. The second-order valence-electron chi connectivity index (χ2n) is 13.5. The predicted molar refractivity (Wildman–Crippen MR) is 140 cm³/mol. The molecule has 0 heteroatoms. The fraction of sp³-hybridized carbons (Fsp3) is 0.613. The first-order valence-electron chi connectivity index (χ1n) is 12.2. The monoisotopic (exact) mass is 420 g/mol. The van der Waals surface area contributed by atoms with Gasteiger partial charge in [-0.2, -0.15) is 0 Å². The summed E-state index contributed by atoms with van der Waals surface area (Å²) in [7, 11) is 0. The molecule has 1 unspecified atom stereocenters. The van der Waals surface area contributed by atoms with E-state index in [-0.39, 0.29) is 21.7 Å². The fourth-order valence-corrected chi connectivity index (χ4v) is 5.12. The Kier molecular flexibility index (Phi) is 6.98. The van der Waals surface area contributed by atoms with Crippen LogP contribution in [0.2, 0.25) is 0 Å². The quantitative estimate of drug-likeness (QED) is 0.464. The molecule has 0 fully saturated rings. The van der Waals surface area contributed by atoms with Gasteiger partial charge < -0.3 is 0 Å². The van der Waals surface area contributed by atoms with Crippen LogP contribution in [0.15, 0.2) is 36.4 Å². The van der Waals surface area contributed by atoms with Crippen LogP contribution >= 0.6 is 0 Å². The van der Waals surface area contributed by atoms with Crippen LogP contribution in [0.5, 0.6) is 0 Å². The van der Waals surface area contributed by atoms with Crippen molar-refractivity contribution in [3.05, 3.63) is 69.8 Å². The molecular weight excluding hydrogens is 372 g/mol. The first-order valence-corrected chi connectivity index (χ1v) is 12.2. The maximum absolute atomic E-state index is 2.58. The molecule has 1 atom stereocenters. The highest BCUT2D eigenvalue weighted by molar-refractivity contribution is 5.58.